The Labute approximate surface area is 250 Å². The summed E-state index contributed by atoms with van der Waals surface area (Å²) >= 11 is 0. The highest BCUT2D eigenvalue weighted by Crippen LogP contribution is 2.32. The van der Waals surface area contributed by atoms with Gasteiger partial charge in [0.2, 0.25) is 0 Å². The van der Waals surface area contributed by atoms with E-state index in [1.807, 2.05) is 27.7 Å². The fraction of sp³-hybridized carbons (Fsp3) is 0.267. The van der Waals surface area contributed by atoms with Crippen LogP contribution >= 0.6 is 0 Å². The Morgan fingerprint density at radius 1 is 0.907 bits per heavy atom. The Bertz CT molecular complexity index is 1620. The Morgan fingerprint density at radius 2 is 1.42 bits per heavy atom. The van der Waals surface area contributed by atoms with E-state index in [4.69, 9.17) is 20.4 Å². The topological polar surface area (TPSA) is 209 Å². The van der Waals surface area contributed by atoms with Crippen LogP contribution in [0.1, 0.15) is 64.3 Å². The van der Waals surface area contributed by atoms with Crippen molar-refractivity contribution in [2.75, 3.05) is 18.7 Å². The van der Waals surface area contributed by atoms with Crippen LogP contribution in [0.3, 0.4) is 0 Å². The van der Waals surface area contributed by atoms with Crippen molar-refractivity contribution in [2.24, 2.45) is 11.1 Å². The van der Waals surface area contributed by atoms with Crippen LogP contribution in [0.2, 0.25) is 0 Å². The predicted molar refractivity (Wildman–Crippen MR) is 165 cm³/mol. The summed E-state index contributed by atoms with van der Waals surface area (Å²) in [6.45, 7) is 7.88. The molecule has 2 amide bonds. The molecule has 0 aliphatic carbocycles. The number of ether oxygens (including phenoxy) is 1. The first-order valence-corrected chi connectivity index (χ1v) is 14.7. The molecular weight excluding hydrogens is 576 g/mol. The number of hydrogen-bond acceptors (Lipinski definition) is 7. The molecule has 3 aromatic rings. The first-order valence-electron chi connectivity index (χ1n) is 12.9. The first kappa shape index (κ1) is 34.5. The summed E-state index contributed by atoms with van der Waals surface area (Å²) in [5.74, 6) is -1.80. The highest BCUT2D eigenvalue weighted by Gasteiger charge is 2.24. The van der Waals surface area contributed by atoms with E-state index in [0.29, 0.717) is 28.8 Å². The molecular formula is C30H36N4O8S. The zero-order valence-electron chi connectivity index (χ0n) is 24.7. The molecule has 12 nitrogen and oxygen atoms in total. The summed E-state index contributed by atoms with van der Waals surface area (Å²) in [5, 5.41) is 23.2. The molecule has 0 radical (unpaired) electrons. The van der Waals surface area contributed by atoms with Crippen LogP contribution in [0.25, 0.3) is 11.1 Å². The maximum absolute atomic E-state index is 13.3. The van der Waals surface area contributed by atoms with Crippen LogP contribution < -0.4 is 21.1 Å². The lowest BCUT2D eigenvalue weighted by atomic mass is 9.87. The Kier molecular flexibility index (Phi) is 11.2. The van der Waals surface area contributed by atoms with E-state index in [1.54, 1.807) is 42.5 Å². The number of nitrogen functional groups attached to an aromatic ring is 1. The van der Waals surface area contributed by atoms with Crippen molar-refractivity contribution in [1.29, 1.82) is 5.41 Å². The number of nitrogens with one attached hydrogen (secondary N) is 3. The monoisotopic (exact) mass is 612 g/mol. The van der Waals surface area contributed by atoms with Crippen molar-refractivity contribution in [3.05, 3.63) is 82.9 Å². The Balaban J connectivity index is 0.00000119. The van der Waals surface area contributed by atoms with Crippen molar-refractivity contribution in [3.63, 3.8) is 0 Å². The van der Waals surface area contributed by atoms with E-state index in [9.17, 15) is 27.9 Å². The average Bonchev–Trinajstić information content (AvgIpc) is 2.91. The molecule has 0 saturated heterocycles. The molecule has 0 aromatic heterocycles. The summed E-state index contributed by atoms with van der Waals surface area (Å²) in [6.07, 6.45) is 0.715. The summed E-state index contributed by atoms with van der Waals surface area (Å²) < 4.78 is 31.2. The number of carbonyl (C=O) groups excluding carboxylic acids is 2. The van der Waals surface area contributed by atoms with Gasteiger partial charge in [-0.05, 0) is 78.1 Å². The van der Waals surface area contributed by atoms with Crippen LogP contribution in [-0.2, 0) is 10.1 Å². The largest absolute Gasteiger partial charge is 0.497 e. The van der Waals surface area contributed by atoms with Crippen molar-refractivity contribution >= 4 is 39.4 Å². The minimum absolute atomic E-state index is 0.0934. The Morgan fingerprint density at radius 3 is 1.91 bits per heavy atom. The van der Waals surface area contributed by atoms with Crippen molar-refractivity contribution in [3.8, 4) is 16.9 Å². The molecule has 0 spiro atoms. The molecule has 230 valence electrons. The molecule has 0 aliphatic rings. The predicted octanol–water partition coefficient (Wildman–Crippen LogP) is 4.27. The number of hydrogen-bond donors (Lipinski definition) is 6. The number of carboxylic acid groups (broad SMARTS) is 1. The minimum atomic E-state index is -3.67. The first-order chi connectivity index (χ1) is 19.8. The molecule has 1 atom stereocenters. The zero-order chi connectivity index (χ0) is 32.7. The molecule has 43 heavy (non-hydrogen) atoms. The second kappa shape index (κ2) is 13.9. The van der Waals surface area contributed by atoms with Gasteiger partial charge in [0.1, 0.15) is 11.6 Å². The van der Waals surface area contributed by atoms with Gasteiger partial charge in [-0.3, -0.25) is 19.6 Å². The molecule has 0 bridgehead atoms. The van der Waals surface area contributed by atoms with Gasteiger partial charge in [0.15, 0.2) is 0 Å². The average molecular weight is 613 g/mol. The van der Waals surface area contributed by atoms with Crippen molar-refractivity contribution in [1.82, 2.24) is 5.32 Å². The zero-order valence-corrected chi connectivity index (χ0v) is 25.5. The molecule has 13 heteroatoms. The molecule has 3 aromatic carbocycles. The van der Waals surface area contributed by atoms with E-state index >= 15 is 0 Å². The summed E-state index contributed by atoms with van der Waals surface area (Å²) in [6, 6.07) is 15.4. The quantitative estimate of drug-likeness (QED) is 0.122. The highest BCUT2D eigenvalue weighted by molar-refractivity contribution is 7.85. The van der Waals surface area contributed by atoms with Gasteiger partial charge in [0.25, 0.3) is 21.9 Å². The summed E-state index contributed by atoms with van der Waals surface area (Å²) in [7, 11) is -2.20. The van der Waals surface area contributed by atoms with Crippen molar-refractivity contribution < 1.29 is 37.2 Å². The summed E-state index contributed by atoms with van der Waals surface area (Å²) in [5.41, 5.74) is 7.19. The standard InChI is InChI=1S/C29H32N4O5.CH4O3S/c1-16(29(2,3)4)32-26(34)18-8-12-22(24(14-18)28(36)37)21-13-11-20(38-5)15-23(21)27(35)33-19-9-6-17(7-10-19)25(30)31;1-5(2,3)4/h6-16H,1-5H3,(H3,30,31)(H,32,34)(H,33,35)(H,36,37);1H3,(H,2,3,4). The number of methoxy groups -OCH3 is 1. The fourth-order valence-electron chi connectivity index (χ4n) is 3.60. The molecule has 3 rings (SSSR count). The maximum atomic E-state index is 13.3. The lowest BCUT2D eigenvalue weighted by Crippen LogP contribution is -2.41. The van der Waals surface area contributed by atoms with Crippen molar-refractivity contribution in [2.45, 2.75) is 33.7 Å². The highest BCUT2D eigenvalue weighted by atomic mass is 32.2. The van der Waals surface area contributed by atoms with E-state index in [0.717, 1.165) is 0 Å². The minimum Gasteiger partial charge on any atom is -0.497 e. The molecule has 7 N–H and O–H groups in total. The third kappa shape index (κ3) is 10.2. The van der Waals surface area contributed by atoms with Gasteiger partial charge in [-0.25, -0.2) is 4.79 Å². The second-order valence-corrected chi connectivity index (χ2v) is 12.2. The van der Waals surface area contributed by atoms with Gasteiger partial charge in [-0.1, -0.05) is 26.8 Å². The van der Waals surface area contributed by atoms with Gasteiger partial charge >= 0.3 is 5.97 Å². The number of carbonyl (C=O) groups is 3. The molecule has 0 fully saturated rings. The van der Waals surface area contributed by atoms with Crippen LogP contribution in [0.15, 0.2) is 60.7 Å². The van der Waals surface area contributed by atoms with Gasteiger partial charge in [0.05, 0.1) is 24.5 Å². The van der Waals surface area contributed by atoms with Gasteiger partial charge in [0, 0.05) is 22.9 Å². The van der Waals surface area contributed by atoms with E-state index in [2.05, 4.69) is 10.6 Å². The van der Waals surface area contributed by atoms with E-state index in [1.165, 1.54) is 25.3 Å². The van der Waals surface area contributed by atoms with E-state index in [-0.39, 0.29) is 45.5 Å². The number of benzene rings is 3. The second-order valence-electron chi connectivity index (χ2n) is 10.7. The van der Waals surface area contributed by atoms with Crippen LogP contribution in [0.5, 0.6) is 5.75 Å². The molecule has 0 saturated carbocycles. The number of nitrogens with two attached hydrogens (primary N) is 1. The fourth-order valence-corrected chi connectivity index (χ4v) is 3.60. The SMILES string of the molecule is COc1ccc(-c2ccc(C(=O)NC(C)C(C)(C)C)cc2C(=O)O)c(C(=O)Nc2ccc(C(=N)N)cc2)c1.CS(=O)(=O)O. The normalized spacial score (nSPS) is 11.8. The number of aromatic carboxylic acids is 1. The van der Waals surface area contributed by atoms with Crippen LogP contribution in [0, 0.1) is 10.8 Å². The number of carboxylic acids is 1. The Hall–Kier alpha value is -4.75. The van der Waals surface area contributed by atoms with Crippen LogP contribution in [-0.4, -0.2) is 61.1 Å². The third-order valence-corrected chi connectivity index (χ3v) is 6.37. The maximum Gasteiger partial charge on any atom is 0.336 e. The lowest BCUT2D eigenvalue weighted by molar-refractivity contribution is 0.0697. The smallest absolute Gasteiger partial charge is 0.336 e. The third-order valence-electron chi connectivity index (χ3n) is 6.37. The summed E-state index contributed by atoms with van der Waals surface area (Å²) in [4.78, 5) is 38.4. The molecule has 1 unspecified atom stereocenters. The van der Waals surface area contributed by atoms with Crippen LogP contribution in [0.4, 0.5) is 5.69 Å². The van der Waals surface area contributed by atoms with E-state index < -0.39 is 22.0 Å². The lowest BCUT2D eigenvalue weighted by Gasteiger charge is -2.28. The number of rotatable bonds is 8. The van der Waals surface area contributed by atoms with Gasteiger partial charge < -0.3 is 26.2 Å². The van der Waals surface area contributed by atoms with Gasteiger partial charge in [-0.15, -0.1) is 0 Å². The number of amides is 2. The molecule has 0 aliphatic heterocycles. The molecule has 0 heterocycles. The number of amidine groups is 1. The van der Waals surface area contributed by atoms with Gasteiger partial charge in [-0.2, -0.15) is 8.42 Å². The number of anilines is 1.